The average molecular weight is 452 g/mol. The van der Waals surface area contributed by atoms with Crippen LogP contribution in [-0.2, 0) is 16.0 Å². The summed E-state index contributed by atoms with van der Waals surface area (Å²) in [6.07, 6.45) is 0.806. The summed E-state index contributed by atoms with van der Waals surface area (Å²) >= 11 is 0. The summed E-state index contributed by atoms with van der Waals surface area (Å²) < 4.78 is 14.3. The molecule has 2 aromatic rings. The van der Waals surface area contributed by atoms with E-state index < -0.39 is 11.9 Å². The van der Waals surface area contributed by atoms with Crippen LogP contribution in [0.15, 0.2) is 42.5 Å². The molecule has 0 bridgehead atoms. The lowest BCUT2D eigenvalue weighted by atomic mass is 10.1. The van der Waals surface area contributed by atoms with Gasteiger partial charge < -0.3 is 15.1 Å². The van der Waals surface area contributed by atoms with Crippen molar-refractivity contribution in [3.05, 3.63) is 59.4 Å². The lowest BCUT2D eigenvalue weighted by Gasteiger charge is -2.39. The predicted octanol–water partition coefficient (Wildman–Crippen LogP) is 2.87. The molecule has 1 fully saturated rings. The second-order valence-corrected chi connectivity index (χ2v) is 8.23. The van der Waals surface area contributed by atoms with E-state index in [1.54, 1.807) is 19.2 Å². The third-order valence-corrected chi connectivity index (χ3v) is 6.07. The Kier molecular flexibility index (Phi) is 8.01. The maximum Gasteiger partial charge on any atom is 0.243 e. The molecule has 2 amide bonds. The summed E-state index contributed by atoms with van der Waals surface area (Å²) in [5.41, 5.74) is 2.57. The van der Waals surface area contributed by atoms with Crippen LogP contribution in [0.2, 0.25) is 0 Å². The van der Waals surface area contributed by atoms with Gasteiger partial charge in [0, 0.05) is 38.9 Å². The lowest BCUT2D eigenvalue weighted by molar-refractivity contribution is -0.137. The zero-order valence-electron chi connectivity index (χ0n) is 19.3. The third kappa shape index (κ3) is 5.88. The lowest BCUT2D eigenvalue weighted by Crippen LogP contribution is -2.54. The molecule has 1 heterocycles. The first kappa shape index (κ1) is 24.2. The van der Waals surface area contributed by atoms with Gasteiger partial charge in [-0.15, -0.1) is 0 Å². The molecule has 1 aliphatic rings. The van der Waals surface area contributed by atoms with Gasteiger partial charge in [-0.05, 0) is 43.2 Å². The van der Waals surface area contributed by atoms with Crippen molar-refractivity contribution in [3.8, 4) is 6.07 Å². The fourth-order valence-corrected chi connectivity index (χ4v) is 4.09. The second-order valence-electron chi connectivity index (χ2n) is 8.23. The van der Waals surface area contributed by atoms with Crippen molar-refractivity contribution in [1.29, 1.82) is 5.26 Å². The summed E-state index contributed by atoms with van der Waals surface area (Å²) in [5.74, 6) is -0.783. The normalized spacial score (nSPS) is 14.9. The highest BCUT2D eigenvalue weighted by Crippen LogP contribution is 2.22. The Balaban J connectivity index is 1.52. The van der Waals surface area contributed by atoms with E-state index in [1.165, 1.54) is 11.0 Å². The third-order valence-electron chi connectivity index (χ3n) is 6.07. The maximum atomic E-state index is 14.3. The Morgan fingerprint density at radius 1 is 1.18 bits per heavy atom. The van der Waals surface area contributed by atoms with E-state index in [0.29, 0.717) is 37.4 Å². The molecular formula is C25H30FN5O2. The smallest absolute Gasteiger partial charge is 0.243 e. The van der Waals surface area contributed by atoms with E-state index >= 15 is 0 Å². The Labute approximate surface area is 194 Å². The monoisotopic (exact) mass is 451 g/mol. The first-order valence-corrected chi connectivity index (χ1v) is 11.2. The number of halogens is 1. The van der Waals surface area contributed by atoms with Crippen LogP contribution in [0.25, 0.3) is 0 Å². The number of likely N-dealkylation sites (N-methyl/N-ethyl adjacent to an activating group) is 1. The van der Waals surface area contributed by atoms with Crippen LogP contribution < -0.4 is 10.2 Å². The average Bonchev–Trinajstić information content (AvgIpc) is 2.83. The van der Waals surface area contributed by atoms with Gasteiger partial charge in [-0.1, -0.05) is 25.1 Å². The van der Waals surface area contributed by atoms with Gasteiger partial charge in [0.05, 0.1) is 29.9 Å². The number of rotatable bonds is 7. The molecule has 0 radical (unpaired) electrons. The highest BCUT2D eigenvalue weighted by Gasteiger charge is 2.29. The van der Waals surface area contributed by atoms with Gasteiger partial charge in [0.15, 0.2) is 0 Å². The molecular weight excluding hydrogens is 421 g/mol. The van der Waals surface area contributed by atoms with Gasteiger partial charge in [0.2, 0.25) is 11.8 Å². The van der Waals surface area contributed by atoms with Gasteiger partial charge in [0.1, 0.15) is 5.82 Å². The molecule has 0 spiro atoms. The van der Waals surface area contributed by atoms with Crippen molar-refractivity contribution in [3.63, 3.8) is 0 Å². The molecule has 1 aliphatic heterocycles. The summed E-state index contributed by atoms with van der Waals surface area (Å²) in [6, 6.07) is 13.7. The minimum absolute atomic E-state index is 0.0301. The molecule has 3 rings (SSSR count). The SMILES string of the molecule is CCc1ccccc1NC(=O)CN(C)C(=O)C(C)N1CCN(c2ccc(C#N)cc2F)CC1. The molecule has 1 saturated heterocycles. The van der Waals surface area contributed by atoms with Crippen LogP contribution in [0.4, 0.5) is 15.8 Å². The van der Waals surface area contributed by atoms with Gasteiger partial charge in [-0.2, -0.15) is 5.26 Å². The summed E-state index contributed by atoms with van der Waals surface area (Å²) in [7, 11) is 1.63. The Morgan fingerprint density at radius 2 is 1.88 bits per heavy atom. The summed E-state index contributed by atoms with van der Waals surface area (Å²) in [4.78, 5) is 30.8. The van der Waals surface area contributed by atoms with Crippen molar-refractivity contribution in [1.82, 2.24) is 9.80 Å². The molecule has 8 heteroatoms. The number of hydrogen-bond acceptors (Lipinski definition) is 5. The van der Waals surface area contributed by atoms with Crippen molar-refractivity contribution in [2.45, 2.75) is 26.3 Å². The van der Waals surface area contributed by atoms with Crippen LogP contribution in [0, 0.1) is 17.1 Å². The van der Waals surface area contributed by atoms with Crippen molar-refractivity contribution >= 4 is 23.2 Å². The number of nitriles is 1. The number of carbonyl (C=O) groups excluding carboxylic acids is 2. The largest absolute Gasteiger partial charge is 0.367 e. The molecule has 0 saturated carbocycles. The second kappa shape index (κ2) is 10.9. The van der Waals surface area contributed by atoms with Crippen LogP contribution in [0.3, 0.4) is 0 Å². The molecule has 33 heavy (non-hydrogen) atoms. The number of hydrogen-bond donors (Lipinski definition) is 1. The van der Waals surface area contributed by atoms with E-state index in [-0.39, 0.29) is 18.4 Å². The zero-order valence-corrected chi connectivity index (χ0v) is 19.3. The van der Waals surface area contributed by atoms with Gasteiger partial charge in [0.25, 0.3) is 0 Å². The number of benzene rings is 2. The van der Waals surface area contributed by atoms with E-state index in [4.69, 9.17) is 5.26 Å². The summed E-state index contributed by atoms with van der Waals surface area (Å²) in [5, 5.41) is 11.8. The van der Waals surface area contributed by atoms with Gasteiger partial charge in [-0.25, -0.2) is 4.39 Å². The van der Waals surface area contributed by atoms with Crippen LogP contribution in [0.1, 0.15) is 25.0 Å². The topological polar surface area (TPSA) is 79.7 Å². The number of nitrogens with zero attached hydrogens (tertiary/aromatic N) is 4. The minimum atomic E-state index is -0.415. The van der Waals surface area contributed by atoms with Gasteiger partial charge in [-0.3, -0.25) is 14.5 Å². The molecule has 2 aromatic carbocycles. The number of amides is 2. The molecule has 7 nitrogen and oxygen atoms in total. The maximum absolute atomic E-state index is 14.3. The number of para-hydroxylation sites is 1. The first-order chi connectivity index (χ1) is 15.8. The van der Waals surface area contributed by atoms with E-state index in [2.05, 4.69) is 5.32 Å². The molecule has 1 atom stereocenters. The number of anilines is 2. The Hall–Kier alpha value is -3.44. The van der Waals surface area contributed by atoms with E-state index in [1.807, 2.05) is 54.0 Å². The van der Waals surface area contributed by atoms with Crippen molar-refractivity contribution in [2.24, 2.45) is 0 Å². The fraction of sp³-hybridized carbons (Fsp3) is 0.400. The van der Waals surface area contributed by atoms with Gasteiger partial charge >= 0.3 is 0 Å². The Morgan fingerprint density at radius 3 is 2.52 bits per heavy atom. The number of nitrogens with one attached hydrogen (secondary N) is 1. The zero-order chi connectivity index (χ0) is 24.0. The molecule has 1 N–H and O–H groups in total. The van der Waals surface area contributed by atoms with E-state index in [9.17, 15) is 14.0 Å². The molecule has 0 aliphatic carbocycles. The standard InChI is InChI=1S/C25H30FN5O2/c1-4-20-7-5-6-8-22(20)28-24(32)17-29(3)25(33)18(2)30-11-13-31(14-12-30)23-10-9-19(16-27)15-21(23)26/h5-10,15,18H,4,11-14,17H2,1-3H3,(H,28,32). The molecule has 174 valence electrons. The van der Waals surface area contributed by atoms with Crippen LogP contribution in [0.5, 0.6) is 0 Å². The first-order valence-electron chi connectivity index (χ1n) is 11.2. The van der Waals surface area contributed by atoms with Crippen LogP contribution >= 0.6 is 0 Å². The number of piperazine rings is 1. The molecule has 0 aromatic heterocycles. The highest BCUT2D eigenvalue weighted by atomic mass is 19.1. The summed E-state index contributed by atoms with van der Waals surface area (Å²) in [6.45, 7) is 6.15. The fourth-order valence-electron chi connectivity index (χ4n) is 4.09. The van der Waals surface area contributed by atoms with Crippen molar-refractivity contribution < 1.29 is 14.0 Å². The van der Waals surface area contributed by atoms with Crippen molar-refractivity contribution in [2.75, 3.05) is 50.0 Å². The number of carbonyl (C=O) groups is 2. The minimum Gasteiger partial charge on any atom is -0.367 e. The van der Waals surface area contributed by atoms with E-state index in [0.717, 1.165) is 17.7 Å². The highest BCUT2D eigenvalue weighted by molar-refractivity contribution is 5.95. The Bertz CT molecular complexity index is 1040. The predicted molar refractivity (Wildman–Crippen MR) is 126 cm³/mol. The quantitative estimate of drug-likeness (QED) is 0.700. The number of aryl methyl sites for hydroxylation is 1. The molecule has 1 unspecified atom stereocenters. The van der Waals surface area contributed by atoms with Crippen LogP contribution in [-0.4, -0.2) is 67.4 Å².